The summed E-state index contributed by atoms with van der Waals surface area (Å²) in [5.41, 5.74) is 1.85. The standard InChI is InChI=1S/C40H37N3O9/c1-26(28-10-4-3-5-11-28)41-37(46)40(2,42-38(47)49-24-32-20-30-12-6-9-15-35(30)52-32)21-31-22-43(34-14-8-7-13-33(31)34)39(48)51-25-50-36(45)29-18-16-27(23-44)17-19-29/h3-20,22,26,44H,21,23-25H2,1-2H3,(H,41,46)(H,42,47)/t26-,40+/m0/s1. The second-order valence-corrected chi connectivity index (χ2v) is 12.4. The molecule has 12 nitrogen and oxygen atoms in total. The van der Waals surface area contributed by atoms with Crippen LogP contribution in [-0.4, -0.2) is 46.1 Å². The van der Waals surface area contributed by atoms with Gasteiger partial charge in [-0.1, -0.05) is 78.9 Å². The Hall–Kier alpha value is -6.40. The number of para-hydroxylation sites is 2. The first kappa shape index (κ1) is 35.4. The number of alkyl carbamates (subject to hydrolysis) is 1. The highest BCUT2D eigenvalue weighted by Gasteiger charge is 2.38. The number of carbonyl (C=O) groups excluding carboxylic acids is 4. The molecule has 0 aliphatic heterocycles. The van der Waals surface area contributed by atoms with Gasteiger partial charge in [0.15, 0.2) is 6.61 Å². The topological polar surface area (TPSA) is 158 Å². The van der Waals surface area contributed by atoms with E-state index in [0.717, 1.165) is 10.9 Å². The highest BCUT2D eigenvalue weighted by atomic mass is 16.7. The van der Waals surface area contributed by atoms with Gasteiger partial charge in [0, 0.05) is 23.4 Å². The first-order valence-corrected chi connectivity index (χ1v) is 16.5. The molecule has 0 unspecified atom stereocenters. The Morgan fingerprint density at radius 3 is 2.33 bits per heavy atom. The van der Waals surface area contributed by atoms with Gasteiger partial charge in [-0.3, -0.25) is 9.36 Å². The summed E-state index contributed by atoms with van der Waals surface area (Å²) in [5, 5.41) is 16.5. The molecule has 3 N–H and O–H groups in total. The third kappa shape index (κ3) is 8.14. The Kier molecular flexibility index (Phi) is 10.7. The molecular weight excluding hydrogens is 666 g/mol. The van der Waals surface area contributed by atoms with Crippen LogP contribution in [0.2, 0.25) is 0 Å². The number of hydrogen-bond acceptors (Lipinski definition) is 9. The molecular formula is C40H37N3O9. The number of furan rings is 1. The molecule has 6 rings (SSSR count). The summed E-state index contributed by atoms with van der Waals surface area (Å²) in [7, 11) is 0. The largest absolute Gasteiger partial charge is 0.457 e. The second kappa shape index (κ2) is 15.7. The Balaban J connectivity index is 1.20. The maximum atomic E-state index is 14.1. The average molecular weight is 704 g/mol. The van der Waals surface area contributed by atoms with E-state index in [-0.39, 0.29) is 25.2 Å². The number of esters is 1. The number of nitrogens with zero attached hydrogens (tertiary/aromatic N) is 1. The molecule has 52 heavy (non-hydrogen) atoms. The first-order valence-electron chi connectivity index (χ1n) is 16.5. The van der Waals surface area contributed by atoms with Gasteiger partial charge in [-0.25, -0.2) is 14.4 Å². The Bertz CT molecular complexity index is 2180. The van der Waals surface area contributed by atoms with Crippen LogP contribution in [0, 0.1) is 0 Å². The lowest BCUT2D eigenvalue weighted by atomic mass is 9.91. The molecule has 2 aromatic heterocycles. The molecule has 0 saturated carbocycles. The smallest absolute Gasteiger partial charge is 0.421 e. The van der Waals surface area contributed by atoms with Crippen LogP contribution in [0.25, 0.3) is 21.9 Å². The predicted octanol–water partition coefficient (Wildman–Crippen LogP) is 6.78. The van der Waals surface area contributed by atoms with Crippen LogP contribution < -0.4 is 10.6 Å². The Labute approximate surface area is 298 Å². The zero-order valence-corrected chi connectivity index (χ0v) is 28.5. The molecule has 0 saturated heterocycles. The summed E-state index contributed by atoms with van der Waals surface area (Å²) in [5.74, 6) is -0.755. The van der Waals surface area contributed by atoms with Crippen molar-refractivity contribution in [1.82, 2.24) is 15.2 Å². The summed E-state index contributed by atoms with van der Waals surface area (Å²) in [4.78, 5) is 53.1. The third-order valence-corrected chi connectivity index (χ3v) is 8.63. The predicted molar refractivity (Wildman–Crippen MR) is 191 cm³/mol. The number of ether oxygens (including phenoxy) is 3. The molecule has 2 atom stereocenters. The number of fused-ring (bicyclic) bond motifs is 2. The van der Waals surface area contributed by atoms with Crippen LogP contribution in [0.1, 0.15) is 52.7 Å². The van der Waals surface area contributed by atoms with Crippen molar-refractivity contribution in [3.8, 4) is 0 Å². The summed E-state index contributed by atoms with van der Waals surface area (Å²) >= 11 is 0. The fourth-order valence-electron chi connectivity index (χ4n) is 5.82. The molecule has 4 aromatic carbocycles. The van der Waals surface area contributed by atoms with Gasteiger partial charge in [0.1, 0.15) is 16.9 Å². The number of rotatable bonds is 12. The molecule has 0 aliphatic rings. The summed E-state index contributed by atoms with van der Waals surface area (Å²) in [6, 6.07) is 31.4. The van der Waals surface area contributed by atoms with Gasteiger partial charge in [-0.05, 0) is 60.9 Å². The molecule has 12 heteroatoms. The van der Waals surface area contributed by atoms with Gasteiger partial charge < -0.3 is 34.4 Å². The normalized spacial score (nSPS) is 12.8. The minimum absolute atomic E-state index is 0.0420. The monoisotopic (exact) mass is 703 g/mol. The molecule has 0 bridgehead atoms. The first-order chi connectivity index (χ1) is 25.1. The van der Waals surface area contributed by atoms with E-state index in [4.69, 9.17) is 18.6 Å². The summed E-state index contributed by atoms with van der Waals surface area (Å²) in [6.45, 7) is 2.44. The minimum atomic E-state index is -1.56. The van der Waals surface area contributed by atoms with E-state index in [1.54, 1.807) is 49.4 Å². The number of aliphatic hydroxyl groups excluding tert-OH is 1. The van der Waals surface area contributed by atoms with Crippen LogP contribution in [-0.2, 0) is 38.6 Å². The SMILES string of the molecule is C[C@H](NC(=O)[C@@](C)(Cc1cn(C(=O)OCOC(=O)c2ccc(CO)cc2)c2ccccc12)NC(=O)OCc1cc2ccccc2o1)c1ccccc1. The fraction of sp³-hybridized carbons (Fsp3) is 0.200. The van der Waals surface area contributed by atoms with E-state index >= 15 is 0 Å². The molecule has 0 aliphatic carbocycles. The fourth-order valence-corrected chi connectivity index (χ4v) is 5.82. The van der Waals surface area contributed by atoms with Gasteiger partial charge in [-0.15, -0.1) is 0 Å². The van der Waals surface area contributed by atoms with Crippen LogP contribution in [0.3, 0.4) is 0 Å². The maximum Gasteiger partial charge on any atom is 0.421 e. The van der Waals surface area contributed by atoms with Crippen molar-refractivity contribution in [3.05, 3.63) is 143 Å². The molecule has 266 valence electrons. The molecule has 2 amide bonds. The van der Waals surface area contributed by atoms with Crippen molar-refractivity contribution < 1.29 is 42.9 Å². The van der Waals surface area contributed by atoms with Gasteiger partial charge in [0.2, 0.25) is 12.7 Å². The molecule has 0 fully saturated rings. The van der Waals surface area contributed by atoms with Gasteiger partial charge in [-0.2, -0.15) is 0 Å². The minimum Gasteiger partial charge on any atom is -0.457 e. The van der Waals surface area contributed by atoms with Gasteiger partial charge in [0.25, 0.3) is 0 Å². The Morgan fingerprint density at radius 1 is 0.865 bits per heavy atom. The summed E-state index contributed by atoms with van der Waals surface area (Å²) < 4.78 is 23.0. The van der Waals surface area contributed by atoms with Crippen LogP contribution in [0.5, 0.6) is 0 Å². The van der Waals surface area contributed by atoms with Crippen molar-refractivity contribution >= 4 is 45.9 Å². The number of aliphatic hydroxyl groups is 1. The maximum absolute atomic E-state index is 14.1. The van der Waals surface area contributed by atoms with E-state index in [1.165, 1.54) is 22.9 Å². The van der Waals surface area contributed by atoms with Crippen molar-refractivity contribution in [2.45, 2.75) is 45.1 Å². The third-order valence-electron chi connectivity index (χ3n) is 8.63. The van der Waals surface area contributed by atoms with E-state index in [0.29, 0.717) is 33.4 Å². The van der Waals surface area contributed by atoms with E-state index < -0.39 is 42.4 Å². The molecule has 2 heterocycles. The van der Waals surface area contributed by atoms with E-state index in [2.05, 4.69) is 10.6 Å². The Morgan fingerprint density at radius 2 is 1.58 bits per heavy atom. The lowest BCUT2D eigenvalue weighted by Crippen LogP contribution is -2.58. The number of hydrogen-bond donors (Lipinski definition) is 3. The van der Waals surface area contributed by atoms with Crippen LogP contribution in [0.4, 0.5) is 9.59 Å². The van der Waals surface area contributed by atoms with Crippen molar-refractivity contribution in [3.63, 3.8) is 0 Å². The average Bonchev–Trinajstić information content (AvgIpc) is 3.75. The number of benzene rings is 4. The number of nitrogens with one attached hydrogen (secondary N) is 2. The van der Waals surface area contributed by atoms with Gasteiger partial charge >= 0.3 is 18.2 Å². The van der Waals surface area contributed by atoms with E-state index in [1.807, 2.05) is 61.5 Å². The highest BCUT2D eigenvalue weighted by molar-refractivity contribution is 5.95. The van der Waals surface area contributed by atoms with Crippen molar-refractivity contribution in [2.75, 3.05) is 6.79 Å². The number of aromatic nitrogens is 1. The van der Waals surface area contributed by atoms with Crippen LogP contribution in [0.15, 0.2) is 120 Å². The second-order valence-electron chi connectivity index (χ2n) is 12.4. The van der Waals surface area contributed by atoms with Crippen LogP contribution >= 0.6 is 0 Å². The zero-order chi connectivity index (χ0) is 36.7. The van der Waals surface area contributed by atoms with Crippen molar-refractivity contribution in [2.24, 2.45) is 0 Å². The lowest BCUT2D eigenvalue weighted by Gasteiger charge is -2.30. The quantitative estimate of drug-likeness (QED) is 0.0923. The molecule has 6 aromatic rings. The highest BCUT2D eigenvalue weighted by Crippen LogP contribution is 2.27. The number of amides is 2. The van der Waals surface area contributed by atoms with Crippen molar-refractivity contribution in [1.29, 1.82) is 0 Å². The molecule has 0 radical (unpaired) electrons. The van der Waals surface area contributed by atoms with E-state index in [9.17, 15) is 24.3 Å². The number of carbonyl (C=O) groups is 4. The lowest BCUT2D eigenvalue weighted by molar-refractivity contribution is -0.127. The molecule has 0 spiro atoms. The zero-order valence-electron chi connectivity index (χ0n) is 28.5. The summed E-state index contributed by atoms with van der Waals surface area (Å²) in [6.07, 6.45) is -0.190. The van der Waals surface area contributed by atoms with Gasteiger partial charge in [0.05, 0.1) is 23.7 Å².